The molecule has 0 aromatic heterocycles. The standard InChI is InChI=1S/C27H24Cl2N2O3/c1-4-33-25-14-20(13-23(29)26(25)34-16-19-6-5-7-22(28)12-19)11-21(15-30)27(32)31-24-10-17(2)8-9-18(24)3/h5-14H,4,16H2,1-3H3,(H,31,32)/b21-11+. The number of aryl methyl sites for hydroxylation is 2. The van der Waals surface area contributed by atoms with E-state index in [1.54, 1.807) is 24.3 Å². The molecule has 34 heavy (non-hydrogen) atoms. The van der Waals surface area contributed by atoms with Gasteiger partial charge in [0.15, 0.2) is 11.5 Å². The van der Waals surface area contributed by atoms with Gasteiger partial charge < -0.3 is 14.8 Å². The van der Waals surface area contributed by atoms with E-state index in [-0.39, 0.29) is 12.2 Å². The van der Waals surface area contributed by atoms with E-state index in [0.717, 1.165) is 16.7 Å². The van der Waals surface area contributed by atoms with E-state index in [4.69, 9.17) is 32.7 Å². The molecule has 0 aliphatic carbocycles. The minimum atomic E-state index is -0.508. The van der Waals surface area contributed by atoms with Gasteiger partial charge in [-0.3, -0.25) is 4.79 Å². The van der Waals surface area contributed by atoms with Crippen LogP contribution in [0.15, 0.2) is 60.2 Å². The van der Waals surface area contributed by atoms with Crippen LogP contribution in [0, 0.1) is 25.2 Å². The summed E-state index contributed by atoms with van der Waals surface area (Å²) in [7, 11) is 0. The Morgan fingerprint density at radius 3 is 2.59 bits per heavy atom. The van der Waals surface area contributed by atoms with Gasteiger partial charge in [-0.25, -0.2) is 0 Å². The Labute approximate surface area is 209 Å². The maximum absolute atomic E-state index is 12.8. The number of hydrogen-bond acceptors (Lipinski definition) is 4. The van der Waals surface area contributed by atoms with Crippen LogP contribution in [0.1, 0.15) is 29.2 Å². The molecule has 0 heterocycles. The van der Waals surface area contributed by atoms with Crippen molar-refractivity contribution in [2.24, 2.45) is 0 Å². The van der Waals surface area contributed by atoms with Gasteiger partial charge in [-0.2, -0.15) is 5.26 Å². The predicted octanol–water partition coefficient (Wildman–Crippen LogP) is 7.13. The Bertz CT molecular complexity index is 1280. The summed E-state index contributed by atoms with van der Waals surface area (Å²) in [6.45, 7) is 6.30. The van der Waals surface area contributed by atoms with Gasteiger partial charge in [-0.15, -0.1) is 0 Å². The number of amides is 1. The Kier molecular flexibility index (Phi) is 8.59. The third-order valence-corrected chi connectivity index (χ3v) is 5.44. The molecule has 0 aliphatic heterocycles. The van der Waals surface area contributed by atoms with Crippen molar-refractivity contribution in [1.29, 1.82) is 5.26 Å². The van der Waals surface area contributed by atoms with Crippen molar-refractivity contribution in [3.05, 3.63) is 92.5 Å². The Morgan fingerprint density at radius 2 is 1.88 bits per heavy atom. The number of carbonyl (C=O) groups excluding carboxylic acids is 1. The molecule has 3 aromatic carbocycles. The number of halogens is 2. The molecule has 0 fully saturated rings. The normalized spacial score (nSPS) is 11.0. The highest BCUT2D eigenvalue weighted by Gasteiger charge is 2.15. The molecule has 5 nitrogen and oxygen atoms in total. The van der Waals surface area contributed by atoms with Crippen LogP contribution in [-0.2, 0) is 11.4 Å². The average molecular weight is 495 g/mol. The average Bonchev–Trinajstić information content (AvgIpc) is 2.79. The van der Waals surface area contributed by atoms with Crippen molar-refractivity contribution in [2.45, 2.75) is 27.4 Å². The van der Waals surface area contributed by atoms with Gasteiger partial charge in [0.25, 0.3) is 5.91 Å². The molecule has 3 rings (SSSR count). The summed E-state index contributed by atoms with van der Waals surface area (Å²) in [5.41, 5.74) is 3.92. The van der Waals surface area contributed by atoms with Crippen LogP contribution in [0.25, 0.3) is 6.08 Å². The summed E-state index contributed by atoms with van der Waals surface area (Å²) >= 11 is 12.5. The third kappa shape index (κ3) is 6.54. The number of nitriles is 1. The van der Waals surface area contributed by atoms with Crippen LogP contribution < -0.4 is 14.8 Å². The quantitative estimate of drug-likeness (QED) is 0.267. The zero-order chi connectivity index (χ0) is 24.7. The summed E-state index contributed by atoms with van der Waals surface area (Å²) in [6.07, 6.45) is 1.47. The second-order valence-electron chi connectivity index (χ2n) is 7.62. The zero-order valence-corrected chi connectivity index (χ0v) is 20.6. The fourth-order valence-electron chi connectivity index (χ4n) is 3.23. The zero-order valence-electron chi connectivity index (χ0n) is 19.1. The highest BCUT2D eigenvalue weighted by Crippen LogP contribution is 2.38. The van der Waals surface area contributed by atoms with Crippen LogP contribution in [0.4, 0.5) is 5.69 Å². The molecule has 3 aromatic rings. The number of ether oxygens (including phenoxy) is 2. The molecule has 0 spiro atoms. The van der Waals surface area contributed by atoms with Crippen LogP contribution in [0.3, 0.4) is 0 Å². The number of hydrogen-bond donors (Lipinski definition) is 1. The monoisotopic (exact) mass is 494 g/mol. The molecule has 0 bridgehead atoms. The lowest BCUT2D eigenvalue weighted by Gasteiger charge is -2.15. The van der Waals surface area contributed by atoms with Gasteiger partial charge in [0.2, 0.25) is 0 Å². The summed E-state index contributed by atoms with van der Waals surface area (Å²) < 4.78 is 11.6. The first-order chi connectivity index (χ1) is 16.3. The minimum Gasteiger partial charge on any atom is -0.490 e. The number of carbonyl (C=O) groups is 1. The molecule has 0 saturated carbocycles. The van der Waals surface area contributed by atoms with Crippen molar-refractivity contribution in [3.63, 3.8) is 0 Å². The lowest BCUT2D eigenvalue weighted by atomic mass is 10.1. The fraction of sp³-hybridized carbons (Fsp3) is 0.185. The van der Waals surface area contributed by atoms with Crippen molar-refractivity contribution in [3.8, 4) is 17.6 Å². The molecular formula is C27H24Cl2N2O3. The van der Waals surface area contributed by atoms with Gasteiger partial charge >= 0.3 is 0 Å². The van der Waals surface area contributed by atoms with Gasteiger partial charge in [0.05, 0.1) is 11.6 Å². The second-order valence-corrected chi connectivity index (χ2v) is 8.47. The Morgan fingerprint density at radius 1 is 1.09 bits per heavy atom. The first-order valence-corrected chi connectivity index (χ1v) is 11.4. The van der Waals surface area contributed by atoms with Gasteiger partial charge in [0.1, 0.15) is 18.2 Å². The summed E-state index contributed by atoms with van der Waals surface area (Å²) in [4.78, 5) is 12.8. The van der Waals surface area contributed by atoms with Gasteiger partial charge in [0, 0.05) is 10.7 Å². The topological polar surface area (TPSA) is 71.3 Å². The molecule has 1 N–H and O–H groups in total. The number of rotatable bonds is 8. The van der Waals surface area contributed by atoms with E-state index in [2.05, 4.69) is 5.32 Å². The molecule has 1 amide bonds. The van der Waals surface area contributed by atoms with E-state index >= 15 is 0 Å². The highest BCUT2D eigenvalue weighted by molar-refractivity contribution is 6.32. The van der Waals surface area contributed by atoms with Crippen LogP contribution in [-0.4, -0.2) is 12.5 Å². The van der Waals surface area contributed by atoms with Crippen LogP contribution >= 0.6 is 23.2 Å². The van der Waals surface area contributed by atoms with E-state index in [9.17, 15) is 10.1 Å². The minimum absolute atomic E-state index is 0.0629. The largest absolute Gasteiger partial charge is 0.490 e. The highest BCUT2D eigenvalue weighted by atomic mass is 35.5. The smallest absolute Gasteiger partial charge is 0.266 e. The summed E-state index contributed by atoms with van der Waals surface area (Å²) in [5.74, 6) is 0.279. The number of nitrogens with zero attached hydrogens (tertiary/aromatic N) is 1. The molecule has 174 valence electrons. The summed E-state index contributed by atoms with van der Waals surface area (Å²) in [6, 6.07) is 18.3. The van der Waals surface area contributed by atoms with Crippen molar-refractivity contribution >= 4 is 40.9 Å². The van der Waals surface area contributed by atoms with E-state index in [0.29, 0.717) is 39.4 Å². The van der Waals surface area contributed by atoms with Gasteiger partial charge in [-0.05, 0) is 79.4 Å². The fourth-order valence-corrected chi connectivity index (χ4v) is 3.72. The van der Waals surface area contributed by atoms with Crippen LogP contribution in [0.5, 0.6) is 11.5 Å². The summed E-state index contributed by atoms with van der Waals surface area (Å²) in [5, 5.41) is 13.3. The SMILES string of the molecule is CCOc1cc(/C=C(\C#N)C(=O)Nc2cc(C)ccc2C)cc(Cl)c1OCc1cccc(Cl)c1. The van der Waals surface area contributed by atoms with E-state index < -0.39 is 5.91 Å². The molecular weight excluding hydrogens is 471 g/mol. The lowest BCUT2D eigenvalue weighted by Crippen LogP contribution is -2.14. The van der Waals surface area contributed by atoms with Crippen LogP contribution in [0.2, 0.25) is 10.0 Å². The molecule has 0 unspecified atom stereocenters. The lowest BCUT2D eigenvalue weighted by molar-refractivity contribution is -0.112. The predicted molar refractivity (Wildman–Crippen MR) is 137 cm³/mol. The van der Waals surface area contributed by atoms with E-state index in [1.165, 1.54) is 6.08 Å². The molecule has 0 aliphatic rings. The van der Waals surface area contributed by atoms with Crippen molar-refractivity contribution < 1.29 is 14.3 Å². The second kappa shape index (κ2) is 11.6. The Balaban J connectivity index is 1.86. The third-order valence-electron chi connectivity index (χ3n) is 4.92. The molecule has 7 heteroatoms. The van der Waals surface area contributed by atoms with Crippen molar-refractivity contribution in [1.82, 2.24) is 0 Å². The maximum atomic E-state index is 12.8. The molecule has 0 radical (unpaired) electrons. The van der Waals surface area contributed by atoms with Gasteiger partial charge in [-0.1, -0.05) is 47.5 Å². The first kappa shape index (κ1) is 25.2. The number of anilines is 1. The number of nitrogens with one attached hydrogen (secondary N) is 1. The number of benzene rings is 3. The maximum Gasteiger partial charge on any atom is 0.266 e. The molecule has 0 saturated heterocycles. The van der Waals surface area contributed by atoms with Crippen molar-refractivity contribution in [2.75, 3.05) is 11.9 Å². The van der Waals surface area contributed by atoms with E-state index in [1.807, 2.05) is 57.2 Å². The first-order valence-electron chi connectivity index (χ1n) is 10.6. The molecule has 0 atom stereocenters. The Hall–Kier alpha value is -3.46.